The number of ether oxygens (including phenoxy) is 1. The SMILES string of the molecule is CC(C)[C@H](CC=O)OCc1ccccc1. The predicted octanol–water partition coefficient (Wildman–Crippen LogP) is 2.82. The number of rotatable bonds is 6. The molecular weight excluding hydrogens is 188 g/mol. The first kappa shape index (κ1) is 11.9. The van der Waals surface area contributed by atoms with Gasteiger partial charge in [-0.3, -0.25) is 0 Å². The third kappa shape index (κ3) is 4.26. The van der Waals surface area contributed by atoms with Crippen molar-refractivity contribution in [2.24, 2.45) is 5.92 Å². The average Bonchev–Trinajstić information content (AvgIpc) is 2.25. The van der Waals surface area contributed by atoms with E-state index < -0.39 is 0 Å². The molecule has 0 heterocycles. The summed E-state index contributed by atoms with van der Waals surface area (Å²) in [6.45, 7) is 4.72. The molecule has 0 saturated heterocycles. The van der Waals surface area contributed by atoms with E-state index in [-0.39, 0.29) is 6.10 Å². The van der Waals surface area contributed by atoms with Crippen LogP contribution in [-0.4, -0.2) is 12.4 Å². The van der Waals surface area contributed by atoms with E-state index >= 15 is 0 Å². The van der Waals surface area contributed by atoms with Crippen LogP contribution in [0.1, 0.15) is 25.8 Å². The Balaban J connectivity index is 2.43. The maximum Gasteiger partial charge on any atom is 0.122 e. The fourth-order valence-electron chi connectivity index (χ4n) is 1.40. The van der Waals surface area contributed by atoms with Crippen LogP contribution in [0.4, 0.5) is 0 Å². The fourth-order valence-corrected chi connectivity index (χ4v) is 1.40. The second kappa shape index (κ2) is 6.36. The number of carbonyl (C=O) groups is 1. The summed E-state index contributed by atoms with van der Waals surface area (Å²) in [4.78, 5) is 10.5. The molecule has 0 aliphatic heterocycles. The van der Waals surface area contributed by atoms with Crippen LogP contribution in [0.2, 0.25) is 0 Å². The maximum atomic E-state index is 10.5. The lowest BCUT2D eigenvalue weighted by molar-refractivity contribution is -0.111. The van der Waals surface area contributed by atoms with Crippen molar-refractivity contribution in [2.45, 2.75) is 33.0 Å². The van der Waals surface area contributed by atoms with Crippen LogP contribution in [0, 0.1) is 5.92 Å². The van der Waals surface area contributed by atoms with Crippen LogP contribution >= 0.6 is 0 Å². The quantitative estimate of drug-likeness (QED) is 0.669. The van der Waals surface area contributed by atoms with E-state index in [1.165, 1.54) is 0 Å². The van der Waals surface area contributed by atoms with Gasteiger partial charge >= 0.3 is 0 Å². The van der Waals surface area contributed by atoms with E-state index in [9.17, 15) is 4.79 Å². The molecule has 0 saturated carbocycles. The molecular formula is C13H18O2. The third-order valence-corrected chi connectivity index (χ3v) is 2.38. The van der Waals surface area contributed by atoms with Gasteiger partial charge in [-0.05, 0) is 11.5 Å². The van der Waals surface area contributed by atoms with Gasteiger partial charge < -0.3 is 9.53 Å². The summed E-state index contributed by atoms with van der Waals surface area (Å²) in [5, 5.41) is 0. The summed E-state index contributed by atoms with van der Waals surface area (Å²) in [7, 11) is 0. The molecule has 0 bridgehead atoms. The Morgan fingerprint density at radius 1 is 1.27 bits per heavy atom. The van der Waals surface area contributed by atoms with E-state index in [1.54, 1.807) is 0 Å². The number of hydrogen-bond donors (Lipinski definition) is 0. The predicted molar refractivity (Wildman–Crippen MR) is 60.5 cm³/mol. The molecule has 2 heteroatoms. The maximum absolute atomic E-state index is 10.5. The Hall–Kier alpha value is -1.15. The molecule has 2 nitrogen and oxygen atoms in total. The number of benzene rings is 1. The highest BCUT2D eigenvalue weighted by Crippen LogP contribution is 2.12. The molecule has 1 rings (SSSR count). The molecule has 0 radical (unpaired) electrons. The van der Waals surface area contributed by atoms with Crippen molar-refractivity contribution >= 4 is 6.29 Å². The second-order valence-electron chi connectivity index (χ2n) is 3.98. The van der Waals surface area contributed by atoms with Gasteiger partial charge in [0.1, 0.15) is 6.29 Å². The monoisotopic (exact) mass is 206 g/mol. The summed E-state index contributed by atoms with van der Waals surface area (Å²) in [5.74, 6) is 0.374. The molecule has 0 aliphatic carbocycles. The minimum Gasteiger partial charge on any atom is -0.373 e. The van der Waals surface area contributed by atoms with Gasteiger partial charge in [-0.1, -0.05) is 44.2 Å². The first-order chi connectivity index (χ1) is 7.24. The van der Waals surface area contributed by atoms with Crippen LogP contribution < -0.4 is 0 Å². The molecule has 0 spiro atoms. The zero-order valence-corrected chi connectivity index (χ0v) is 9.35. The summed E-state index contributed by atoms with van der Waals surface area (Å²) in [6.07, 6.45) is 1.43. The van der Waals surface area contributed by atoms with E-state index in [0.29, 0.717) is 18.9 Å². The largest absolute Gasteiger partial charge is 0.373 e. The summed E-state index contributed by atoms with van der Waals surface area (Å²) < 4.78 is 5.70. The Morgan fingerprint density at radius 3 is 2.47 bits per heavy atom. The molecule has 1 atom stereocenters. The van der Waals surface area contributed by atoms with Crippen molar-refractivity contribution in [1.29, 1.82) is 0 Å². The molecule has 0 fully saturated rings. The minimum absolute atomic E-state index is 0.0303. The number of carbonyl (C=O) groups excluding carboxylic acids is 1. The first-order valence-electron chi connectivity index (χ1n) is 5.33. The molecule has 1 aromatic carbocycles. The van der Waals surface area contributed by atoms with Crippen LogP contribution in [0.3, 0.4) is 0 Å². The molecule has 0 N–H and O–H groups in total. The Bertz CT molecular complexity index is 280. The molecule has 1 aromatic rings. The van der Waals surface area contributed by atoms with Gasteiger partial charge in [-0.25, -0.2) is 0 Å². The smallest absolute Gasteiger partial charge is 0.122 e. The molecule has 0 amide bonds. The third-order valence-electron chi connectivity index (χ3n) is 2.38. The Kier molecular flexibility index (Phi) is 5.05. The number of aldehydes is 1. The van der Waals surface area contributed by atoms with Crippen LogP contribution in [-0.2, 0) is 16.1 Å². The van der Waals surface area contributed by atoms with Gasteiger partial charge in [0.2, 0.25) is 0 Å². The van der Waals surface area contributed by atoms with Gasteiger partial charge in [0.05, 0.1) is 12.7 Å². The normalized spacial score (nSPS) is 12.7. The van der Waals surface area contributed by atoms with Crippen LogP contribution in [0.5, 0.6) is 0 Å². The highest BCUT2D eigenvalue weighted by Gasteiger charge is 2.12. The van der Waals surface area contributed by atoms with Gasteiger partial charge in [-0.15, -0.1) is 0 Å². The van der Waals surface area contributed by atoms with Crippen molar-refractivity contribution in [3.63, 3.8) is 0 Å². The standard InChI is InChI=1S/C13H18O2/c1-11(2)13(8-9-14)15-10-12-6-4-3-5-7-12/h3-7,9,11,13H,8,10H2,1-2H3/t13-/m0/s1. The Morgan fingerprint density at radius 2 is 1.93 bits per heavy atom. The summed E-state index contributed by atoms with van der Waals surface area (Å²) in [6, 6.07) is 10.0. The summed E-state index contributed by atoms with van der Waals surface area (Å²) >= 11 is 0. The fraction of sp³-hybridized carbons (Fsp3) is 0.462. The van der Waals surface area contributed by atoms with Crippen molar-refractivity contribution < 1.29 is 9.53 Å². The lowest BCUT2D eigenvalue weighted by Gasteiger charge is -2.19. The van der Waals surface area contributed by atoms with Gasteiger partial charge in [0, 0.05) is 6.42 Å². The van der Waals surface area contributed by atoms with E-state index in [4.69, 9.17) is 4.74 Å². The van der Waals surface area contributed by atoms with Crippen molar-refractivity contribution in [3.8, 4) is 0 Å². The van der Waals surface area contributed by atoms with Gasteiger partial charge in [-0.2, -0.15) is 0 Å². The van der Waals surface area contributed by atoms with E-state index in [0.717, 1.165) is 11.8 Å². The van der Waals surface area contributed by atoms with E-state index in [2.05, 4.69) is 13.8 Å². The zero-order valence-electron chi connectivity index (χ0n) is 9.35. The molecule has 0 aromatic heterocycles. The topological polar surface area (TPSA) is 26.3 Å². The summed E-state index contributed by atoms with van der Waals surface area (Å²) in [5.41, 5.74) is 1.15. The lowest BCUT2D eigenvalue weighted by Crippen LogP contribution is -2.20. The second-order valence-corrected chi connectivity index (χ2v) is 3.98. The zero-order chi connectivity index (χ0) is 11.1. The Labute approximate surface area is 91.3 Å². The van der Waals surface area contributed by atoms with Crippen molar-refractivity contribution in [2.75, 3.05) is 0 Å². The average molecular weight is 206 g/mol. The van der Waals surface area contributed by atoms with Crippen molar-refractivity contribution in [1.82, 2.24) is 0 Å². The van der Waals surface area contributed by atoms with Crippen LogP contribution in [0.15, 0.2) is 30.3 Å². The molecule has 0 aliphatic rings. The highest BCUT2D eigenvalue weighted by molar-refractivity contribution is 5.50. The first-order valence-corrected chi connectivity index (χ1v) is 5.33. The van der Waals surface area contributed by atoms with Gasteiger partial charge in [0.25, 0.3) is 0 Å². The van der Waals surface area contributed by atoms with Crippen molar-refractivity contribution in [3.05, 3.63) is 35.9 Å². The number of hydrogen-bond acceptors (Lipinski definition) is 2. The molecule has 82 valence electrons. The van der Waals surface area contributed by atoms with E-state index in [1.807, 2.05) is 30.3 Å². The van der Waals surface area contributed by atoms with Gasteiger partial charge in [0.15, 0.2) is 0 Å². The molecule has 0 unspecified atom stereocenters. The lowest BCUT2D eigenvalue weighted by atomic mass is 10.0. The molecule has 15 heavy (non-hydrogen) atoms. The van der Waals surface area contributed by atoms with Crippen LogP contribution in [0.25, 0.3) is 0 Å². The minimum atomic E-state index is 0.0303. The highest BCUT2D eigenvalue weighted by atomic mass is 16.5.